The maximum Gasteiger partial charge on any atom is 0.274 e. The van der Waals surface area contributed by atoms with Gasteiger partial charge in [0.1, 0.15) is 17.3 Å². The first-order valence-corrected chi connectivity index (χ1v) is 7.06. The number of nitrogens with zero attached hydrogens (tertiary/aromatic N) is 3. The molecule has 1 fully saturated rings. The molecule has 0 atom stereocenters. The fourth-order valence-electron chi connectivity index (χ4n) is 2.60. The van der Waals surface area contributed by atoms with Crippen LogP contribution in [0.5, 0.6) is 0 Å². The number of imidazole rings is 1. The summed E-state index contributed by atoms with van der Waals surface area (Å²) < 4.78 is 1.91. The number of piperidine rings is 1. The summed E-state index contributed by atoms with van der Waals surface area (Å²) >= 11 is 0. The Balaban J connectivity index is 2.07. The summed E-state index contributed by atoms with van der Waals surface area (Å²) in [5, 5.41) is 0. The van der Waals surface area contributed by atoms with Crippen molar-refractivity contribution in [1.82, 2.24) is 14.5 Å². The topological polar surface area (TPSA) is 55.2 Å². The summed E-state index contributed by atoms with van der Waals surface area (Å²) in [5.74, 6) is 0.995. The van der Waals surface area contributed by atoms with Crippen LogP contribution in [-0.4, -0.2) is 39.2 Å². The van der Waals surface area contributed by atoms with Gasteiger partial charge in [0.2, 0.25) is 0 Å². The molecule has 0 aromatic carbocycles. The second-order valence-electron chi connectivity index (χ2n) is 5.15. The van der Waals surface area contributed by atoms with Crippen LogP contribution in [0.2, 0.25) is 0 Å². The number of Topliss-reactive ketones (excluding diaryl/α,β-unsaturated/α-hetero) is 1. The SMILES string of the molecule is C=Cc1nc(C(=O)N2CCC(C(C)=O)CC2)cn1CC. The summed E-state index contributed by atoms with van der Waals surface area (Å²) in [5.41, 5.74) is 0.461. The van der Waals surface area contributed by atoms with Crippen LogP contribution in [0.1, 0.15) is 43.0 Å². The number of aromatic nitrogens is 2. The van der Waals surface area contributed by atoms with Crippen molar-refractivity contribution in [2.75, 3.05) is 13.1 Å². The van der Waals surface area contributed by atoms with Gasteiger partial charge in [-0.2, -0.15) is 0 Å². The summed E-state index contributed by atoms with van der Waals surface area (Å²) in [6, 6.07) is 0. The fraction of sp³-hybridized carbons (Fsp3) is 0.533. The lowest BCUT2D eigenvalue weighted by Crippen LogP contribution is -2.40. The predicted molar refractivity (Wildman–Crippen MR) is 77.3 cm³/mol. The maximum absolute atomic E-state index is 12.4. The van der Waals surface area contributed by atoms with Gasteiger partial charge < -0.3 is 9.47 Å². The van der Waals surface area contributed by atoms with Crippen LogP contribution < -0.4 is 0 Å². The monoisotopic (exact) mass is 275 g/mol. The first-order valence-electron chi connectivity index (χ1n) is 7.06. The number of carbonyl (C=O) groups excluding carboxylic acids is 2. The number of aryl methyl sites for hydroxylation is 1. The highest BCUT2D eigenvalue weighted by Gasteiger charge is 2.27. The smallest absolute Gasteiger partial charge is 0.274 e. The van der Waals surface area contributed by atoms with Crippen LogP contribution in [0.25, 0.3) is 6.08 Å². The molecule has 0 aliphatic carbocycles. The van der Waals surface area contributed by atoms with Crippen molar-refractivity contribution in [3.8, 4) is 0 Å². The van der Waals surface area contributed by atoms with E-state index in [-0.39, 0.29) is 17.6 Å². The van der Waals surface area contributed by atoms with Crippen LogP contribution in [0.3, 0.4) is 0 Å². The van der Waals surface area contributed by atoms with Gasteiger partial charge in [0.15, 0.2) is 0 Å². The number of hydrogen-bond acceptors (Lipinski definition) is 3. The van der Waals surface area contributed by atoms with Crippen molar-refractivity contribution >= 4 is 17.8 Å². The Morgan fingerprint density at radius 1 is 1.45 bits per heavy atom. The molecule has 0 spiro atoms. The Kier molecular flexibility index (Phi) is 4.37. The predicted octanol–water partition coefficient (Wildman–Crippen LogP) is 1.99. The molecule has 20 heavy (non-hydrogen) atoms. The van der Waals surface area contributed by atoms with Gasteiger partial charge in [0, 0.05) is 31.7 Å². The van der Waals surface area contributed by atoms with E-state index in [2.05, 4.69) is 11.6 Å². The molecule has 0 saturated carbocycles. The Labute approximate surface area is 119 Å². The molecule has 5 nitrogen and oxygen atoms in total. The highest BCUT2D eigenvalue weighted by Crippen LogP contribution is 2.19. The standard InChI is InChI=1S/C15H21N3O2/c1-4-14-16-13(10-17(14)5-2)15(20)18-8-6-12(7-9-18)11(3)19/h4,10,12H,1,5-9H2,2-3H3. The Morgan fingerprint density at radius 2 is 2.10 bits per heavy atom. The van der Waals surface area contributed by atoms with E-state index in [1.165, 1.54) is 0 Å². The minimum Gasteiger partial charge on any atom is -0.337 e. The third-order valence-electron chi connectivity index (χ3n) is 3.91. The quantitative estimate of drug-likeness (QED) is 0.844. The molecule has 2 rings (SSSR count). The zero-order valence-corrected chi connectivity index (χ0v) is 12.1. The molecule has 1 aliphatic rings. The third kappa shape index (κ3) is 2.81. The number of hydrogen-bond donors (Lipinski definition) is 0. The van der Waals surface area contributed by atoms with Crippen molar-refractivity contribution in [2.45, 2.75) is 33.2 Å². The van der Waals surface area contributed by atoms with Crippen LogP contribution in [-0.2, 0) is 11.3 Å². The number of rotatable bonds is 4. The van der Waals surface area contributed by atoms with E-state index in [0.29, 0.717) is 18.8 Å². The lowest BCUT2D eigenvalue weighted by atomic mass is 9.93. The van der Waals surface area contributed by atoms with Gasteiger partial charge in [-0.15, -0.1) is 0 Å². The van der Waals surface area contributed by atoms with Gasteiger partial charge in [-0.3, -0.25) is 9.59 Å². The largest absolute Gasteiger partial charge is 0.337 e. The van der Waals surface area contributed by atoms with E-state index in [0.717, 1.165) is 25.2 Å². The molecule has 2 heterocycles. The van der Waals surface area contributed by atoms with Crippen LogP contribution in [0.15, 0.2) is 12.8 Å². The van der Waals surface area contributed by atoms with E-state index in [1.54, 1.807) is 24.1 Å². The third-order valence-corrected chi connectivity index (χ3v) is 3.91. The molecule has 1 saturated heterocycles. The average Bonchev–Trinajstić information content (AvgIpc) is 2.89. The van der Waals surface area contributed by atoms with E-state index in [9.17, 15) is 9.59 Å². The van der Waals surface area contributed by atoms with Crippen molar-refractivity contribution in [3.05, 3.63) is 24.3 Å². The molecule has 0 radical (unpaired) electrons. The molecule has 1 aliphatic heterocycles. The molecule has 0 bridgehead atoms. The van der Waals surface area contributed by atoms with Gasteiger partial charge in [0.05, 0.1) is 0 Å². The number of carbonyl (C=O) groups is 2. The Bertz CT molecular complexity index is 525. The van der Waals surface area contributed by atoms with Gasteiger partial charge in [-0.1, -0.05) is 6.58 Å². The van der Waals surface area contributed by atoms with E-state index in [4.69, 9.17) is 0 Å². The maximum atomic E-state index is 12.4. The van der Waals surface area contributed by atoms with Crippen molar-refractivity contribution < 1.29 is 9.59 Å². The summed E-state index contributed by atoms with van der Waals surface area (Å²) in [4.78, 5) is 29.8. The summed E-state index contributed by atoms with van der Waals surface area (Å²) in [6.07, 6.45) is 4.94. The average molecular weight is 275 g/mol. The van der Waals surface area contributed by atoms with E-state index >= 15 is 0 Å². The minimum absolute atomic E-state index is 0.0534. The lowest BCUT2D eigenvalue weighted by molar-refractivity contribution is -0.121. The molecule has 5 heteroatoms. The first kappa shape index (κ1) is 14.5. The summed E-state index contributed by atoms with van der Waals surface area (Å²) in [7, 11) is 0. The molecule has 0 unspecified atom stereocenters. The van der Waals surface area contributed by atoms with Gasteiger partial charge in [-0.05, 0) is 32.8 Å². The molecule has 1 aromatic heterocycles. The van der Waals surface area contributed by atoms with Crippen LogP contribution in [0.4, 0.5) is 0 Å². The minimum atomic E-state index is -0.0534. The molecule has 108 valence electrons. The number of amides is 1. The van der Waals surface area contributed by atoms with Crippen LogP contribution >= 0.6 is 0 Å². The van der Waals surface area contributed by atoms with Crippen molar-refractivity contribution in [2.24, 2.45) is 5.92 Å². The molecule has 1 amide bonds. The van der Waals surface area contributed by atoms with Gasteiger partial charge >= 0.3 is 0 Å². The lowest BCUT2D eigenvalue weighted by Gasteiger charge is -2.30. The van der Waals surface area contributed by atoms with Gasteiger partial charge in [-0.25, -0.2) is 4.98 Å². The Hall–Kier alpha value is -1.91. The molecule has 0 N–H and O–H groups in total. The molecular formula is C15H21N3O2. The highest BCUT2D eigenvalue weighted by atomic mass is 16.2. The normalized spacial score (nSPS) is 16.2. The second-order valence-corrected chi connectivity index (χ2v) is 5.15. The number of ketones is 1. The zero-order chi connectivity index (χ0) is 14.7. The summed E-state index contributed by atoms with van der Waals surface area (Å²) in [6.45, 7) is 9.35. The van der Waals surface area contributed by atoms with E-state index in [1.807, 2.05) is 11.5 Å². The second kappa shape index (κ2) is 6.03. The van der Waals surface area contributed by atoms with Crippen molar-refractivity contribution in [1.29, 1.82) is 0 Å². The zero-order valence-electron chi connectivity index (χ0n) is 12.1. The van der Waals surface area contributed by atoms with E-state index < -0.39 is 0 Å². The fourth-order valence-corrected chi connectivity index (χ4v) is 2.60. The molecular weight excluding hydrogens is 254 g/mol. The molecule has 1 aromatic rings. The van der Waals surface area contributed by atoms with Crippen LogP contribution in [0, 0.1) is 5.92 Å². The van der Waals surface area contributed by atoms with Gasteiger partial charge in [0.25, 0.3) is 5.91 Å². The number of likely N-dealkylation sites (tertiary alicyclic amines) is 1. The highest BCUT2D eigenvalue weighted by molar-refractivity contribution is 5.92. The first-order chi connectivity index (χ1) is 9.56. The van der Waals surface area contributed by atoms with Crippen molar-refractivity contribution in [3.63, 3.8) is 0 Å². The Morgan fingerprint density at radius 3 is 2.55 bits per heavy atom.